The van der Waals surface area contributed by atoms with Gasteiger partial charge in [0.1, 0.15) is 5.60 Å². The molecular weight excluding hydrogens is 292 g/mol. The van der Waals surface area contributed by atoms with Crippen LogP contribution in [-0.2, 0) is 4.74 Å². The summed E-state index contributed by atoms with van der Waals surface area (Å²) in [5.41, 5.74) is 5.33. The molecule has 0 spiro atoms. The zero-order valence-electron chi connectivity index (χ0n) is 16.0. The number of nitrogens with one attached hydrogen (secondary N) is 1. The Kier molecular flexibility index (Phi) is 9.68. The average molecular weight is 329 g/mol. The summed E-state index contributed by atoms with van der Waals surface area (Å²) in [5.74, 6) is 1.11. The van der Waals surface area contributed by atoms with E-state index in [1.807, 2.05) is 34.6 Å². The predicted molar refractivity (Wildman–Crippen MR) is 96.6 cm³/mol. The molecule has 0 aromatic heterocycles. The molecule has 0 rings (SSSR count). The number of hydrogen-bond acceptors (Lipinski definition) is 3. The fourth-order valence-electron chi connectivity index (χ4n) is 1.87. The normalized spacial score (nSPS) is 12.7. The second kappa shape index (κ2) is 10.3. The van der Waals surface area contributed by atoms with Crippen molar-refractivity contribution in [2.24, 2.45) is 16.6 Å². The Bertz CT molecular complexity index is 373. The van der Waals surface area contributed by atoms with E-state index in [0.717, 1.165) is 19.4 Å². The zero-order valence-corrected chi connectivity index (χ0v) is 16.0. The molecule has 0 aliphatic carbocycles. The topological polar surface area (TPSA) is 80.0 Å². The molecule has 0 aliphatic rings. The summed E-state index contributed by atoms with van der Waals surface area (Å²) in [5, 5.41) is 3.10. The lowest BCUT2D eigenvalue weighted by atomic mass is 10.1. The van der Waals surface area contributed by atoms with Crippen molar-refractivity contribution < 1.29 is 9.53 Å². The van der Waals surface area contributed by atoms with Gasteiger partial charge in [-0.3, -0.25) is 4.99 Å². The van der Waals surface area contributed by atoms with Crippen LogP contribution in [0.15, 0.2) is 4.99 Å². The Hall–Kier alpha value is -1.46. The molecule has 0 aromatic rings. The van der Waals surface area contributed by atoms with Crippen molar-refractivity contribution in [3.8, 4) is 0 Å². The Morgan fingerprint density at radius 1 is 1.26 bits per heavy atom. The highest BCUT2D eigenvalue weighted by molar-refractivity contribution is 5.77. The molecule has 23 heavy (non-hydrogen) atoms. The van der Waals surface area contributed by atoms with Gasteiger partial charge in [-0.25, -0.2) is 4.79 Å². The van der Waals surface area contributed by atoms with Gasteiger partial charge in [-0.2, -0.15) is 0 Å². The Morgan fingerprint density at radius 3 is 2.35 bits per heavy atom. The summed E-state index contributed by atoms with van der Waals surface area (Å²) >= 11 is 0. The van der Waals surface area contributed by atoms with Crippen LogP contribution in [0.3, 0.4) is 0 Å². The smallest absolute Gasteiger partial charge is 0.410 e. The van der Waals surface area contributed by atoms with Crippen LogP contribution >= 0.6 is 0 Å². The van der Waals surface area contributed by atoms with Gasteiger partial charge in [0.05, 0.1) is 0 Å². The van der Waals surface area contributed by atoms with Gasteiger partial charge in [0.25, 0.3) is 0 Å². The number of carbonyl (C=O) groups is 1. The van der Waals surface area contributed by atoms with Crippen molar-refractivity contribution in [1.82, 2.24) is 10.2 Å². The molecule has 0 unspecified atom stereocenters. The SMILES string of the molecule is CC(C)CCNC(N)=NCCCN(C(=O)OC(C)(C)C)C(C)C. The summed E-state index contributed by atoms with van der Waals surface area (Å²) in [6, 6.07) is 0.0929. The second-order valence-electron chi connectivity index (χ2n) is 7.50. The van der Waals surface area contributed by atoms with E-state index in [0.29, 0.717) is 25.0 Å². The van der Waals surface area contributed by atoms with Gasteiger partial charge in [-0.15, -0.1) is 0 Å². The predicted octanol–water partition coefficient (Wildman–Crippen LogP) is 2.97. The van der Waals surface area contributed by atoms with Gasteiger partial charge < -0.3 is 20.7 Å². The maximum Gasteiger partial charge on any atom is 0.410 e. The van der Waals surface area contributed by atoms with Gasteiger partial charge in [0, 0.05) is 25.7 Å². The molecule has 0 aliphatic heterocycles. The number of rotatable bonds is 8. The van der Waals surface area contributed by atoms with Crippen LogP contribution in [0.2, 0.25) is 0 Å². The van der Waals surface area contributed by atoms with Crippen LogP contribution in [0.25, 0.3) is 0 Å². The van der Waals surface area contributed by atoms with Crippen molar-refractivity contribution in [3.63, 3.8) is 0 Å². The Balaban J connectivity index is 4.21. The summed E-state index contributed by atoms with van der Waals surface area (Å²) in [4.78, 5) is 18.2. The molecule has 0 saturated carbocycles. The number of guanidine groups is 1. The minimum absolute atomic E-state index is 0.0929. The molecule has 0 aromatic carbocycles. The Morgan fingerprint density at radius 2 is 1.87 bits per heavy atom. The van der Waals surface area contributed by atoms with E-state index in [1.54, 1.807) is 4.90 Å². The van der Waals surface area contributed by atoms with Crippen LogP contribution in [0, 0.1) is 5.92 Å². The summed E-state index contributed by atoms with van der Waals surface area (Å²) < 4.78 is 5.43. The molecule has 0 saturated heterocycles. The lowest BCUT2D eigenvalue weighted by Crippen LogP contribution is -2.41. The fraction of sp³-hybridized carbons (Fsp3) is 0.882. The number of nitrogens with two attached hydrogens (primary N) is 1. The second-order valence-corrected chi connectivity index (χ2v) is 7.50. The van der Waals surface area contributed by atoms with Crippen LogP contribution in [-0.4, -0.2) is 48.2 Å². The van der Waals surface area contributed by atoms with Gasteiger partial charge in [0.15, 0.2) is 5.96 Å². The van der Waals surface area contributed by atoms with Crippen molar-refractivity contribution >= 4 is 12.1 Å². The molecule has 1 amide bonds. The molecule has 0 atom stereocenters. The minimum atomic E-state index is -0.479. The quantitative estimate of drug-likeness (QED) is 0.408. The van der Waals surface area contributed by atoms with E-state index < -0.39 is 5.60 Å². The molecular formula is C17H36N4O2. The highest BCUT2D eigenvalue weighted by Gasteiger charge is 2.23. The molecule has 3 N–H and O–H groups in total. The highest BCUT2D eigenvalue weighted by Crippen LogP contribution is 2.12. The average Bonchev–Trinajstić information content (AvgIpc) is 2.35. The molecule has 136 valence electrons. The van der Waals surface area contributed by atoms with Crippen LogP contribution in [0.1, 0.15) is 61.3 Å². The van der Waals surface area contributed by atoms with Gasteiger partial charge in [-0.1, -0.05) is 13.8 Å². The van der Waals surface area contributed by atoms with Gasteiger partial charge in [-0.05, 0) is 53.4 Å². The molecule has 6 heteroatoms. The van der Waals surface area contributed by atoms with Crippen molar-refractivity contribution in [2.45, 2.75) is 73.0 Å². The number of hydrogen-bond donors (Lipinski definition) is 2. The Labute approximate surface area is 141 Å². The third-order valence-corrected chi connectivity index (χ3v) is 3.12. The van der Waals surface area contributed by atoms with Crippen molar-refractivity contribution in [3.05, 3.63) is 0 Å². The molecule has 0 radical (unpaired) electrons. The van der Waals surface area contributed by atoms with E-state index in [1.165, 1.54) is 0 Å². The third kappa shape index (κ3) is 11.7. The third-order valence-electron chi connectivity index (χ3n) is 3.12. The summed E-state index contributed by atoms with van der Waals surface area (Å²) in [7, 11) is 0. The minimum Gasteiger partial charge on any atom is -0.444 e. The number of carbonyl (C=O) groups excluding carboxylic acids is 1. The van der Waals surface area contributed by atoms with E-state index in [4.69, 9.17) is 10.5 Å². The lowest BCUT2D eigenvalue weighted by molar-refractivity contribution is 0.0190. The van der Waals surface area contributed by atoms with Gasteiger partial charge in [0.2, 0.25) is 0 Å². The maximum atomic E-state index is 12.2. The summed E-state index contributed by atoms with van der Waals surface area (Å²) in [6.45, 7) is 16.0. The van der Waals surface area contributed by atoms with Gasteiger partial charge >= 0.3 is 6.09 Å². The first-order valence-electron chi connectivity index (χ1n) is 8.56. The maximum absolute atomic E-state index is 12.2. The van der Waals surface area contributed by atoms with E-state index in [-0.39, 0.29) is 12.1 Å². The largest absolute Gasteiger partial charge is 0.444 e. The number of aliphatic imine (C=N–C) groups is 1. The first-order chi connectivity index (χ1) is 10.5. The molecule has 0 heterocycles. The molecule has 6 nitrogen and oxygen atoms in total. The van der Waals surface area contributed by atoms with Crippen LogP contribution < -0.4 is 11.1 Å². The molecule has 0 bridgehead atoms. The fourth-order valence-corrected chi connectivity index (χ4v) is 1.87. The first-order valence-corrected chi connectivity index (χ1v) is 8.56. The van der Waals surface area contributed by atoms with E-state index >= 15 is 0 Å². The molecule has 0 fully saturated rings. The van der Waals surface area contributed by atoms with Crippen molar-refractivity contribution in [2.75, 3.05) is 19.6 Å². The van der Waals surface area contributed by atoms with Crippen LogP contribution in [0.4, 0.5) is 4.79 Å². The summed E-state index contributed by atoms with van der Waals surface area (Å²) in [6.07, 6.45) is 1.54. The highest BCUT2D eigenvalue weighted by atomic mass is 16.6. The van der Waals surface area contributed by atoms with Crippen LogP contribution in [0.5, 0.6) is 0 Å². The van der Waals surface area contributed by atoms with Crippen molar-refractivity contribution in [1.29, 1.82) is 0 Å². The first kappa shape index (κ1) is 21.5. The van der Waals surface area contributed by atoms with E-state index in [9.17, 15) is 4.79 Å². The lowest BCUT2D eigenvalue weighted by Gasteiger charge is -2.30. The van der Waals surface area contributed by atoms with E-state index in [2.05, 4.69) is 24.2 Å². The number of amides is 1. The number of ether oxygens (including phenoxy) is 1. The standard InChI is InChI=1S/C17H36N4O2/c1-13(2)9-11-20-15(18)19-10-8-12-21(14(3)4)16(22)23-17(5,6)7/h13-14H,8-12H2,1-7H3,(H3,18,19,20). The monoisotopic (exact) mass is 328 g/mol. The zero-order chi connectivity index (χ0) is 18.0. The number of nitrogens with zero attached hydrogens (tertiary/aromatic N) is 2.